The van der Waals surface area contributed by atoms with Crippen LogP contribution in [0.5, 0.6) is 0 Å². The first-order valence-corrected chi connectivity index (χ1v) is 9.67. The lowest BCUT2D eigenvalue weighted by atomic mass is 9.76. The van der Waals surface area contributed by atoms with Crippen molar-refractivity contribution in [2.75, 3.05) is 13.6 Å². The van der Waals surface area contributed by atoms with Crippen LogP contribution < -0.4 is 5.32 Å². The molecule has 0 unspecified atom stereocenters. The van der Waals surface area contributed by atoms with Crippen LogP contribution in [0.15, 0.2) is 24.3 Å². The molecule has 1 heterocycles. The van der Waals surface area contributed by atoms with E-state index in [-0.39, 0.29) is 6.47 Å². The van der Waals surface area contributed by atoms with Crippen LogP contribution in [0.3, 0.4) is 0 Å². The maximum absolute atomic E-state index is 8.36. The zero-order valence-electron chi connectivity index (χ0n) is 15.7. The zero-order valence-corrected chi connectivity index (χ0v) is 16.5. The number of benzene rings is 1. The van der Waals surface area contributed by atoms with Crippen LogP contribution in [0.2, 0.25) is 0 Å². The average Bonchev–Trinajstić information content (AvgIpc) is 2.89. The molecule has 3 rings (SSSR count). The van der Waals surface area contributed by atoms with Crippen LogP contribution in [0.25, 0.3) is 10.4 Å². The van der Waals surface area contributed by atoms with Gasteiger partial charge in [-0.1, -0.05) is 38.1 Å². The van der Waals surface area contributed by atoms with E-state index in [4.69, 9.17) is 9.90 Å². The summed E-state index contributed by atoms with van der Waals surface area (Å²) in [5.41, 5.74) is 6.55. The summed E-state index contributed by atoms with van der Waals surface area (Å²) in [6, 6.07) is 8.94. The van der Waals surface area contributed by atoms with Crippen molar-refractivity contribution in [3.05, 3.63) is 45.8 Å². The molecule has 1 aromatic carbocycles. The number of carbonyl (C=O) groups is 1. The Balaban J connectivity index is 0.000000701. The molecule has 3 nitrogen and oxygen atoms in total. The average molecular weight is 360 g/mol. The van der Waals surface area contributed by atoms with Crippen LogP contribution in [0.4, 0.5) is 0 Å². The second-order valence-electron chi connectivity index (χ2n) is 7.42. The Morgan fingerprint density at radius 1 is 1.32 bits per heavy atom. The predicted molar refractivity (Wildman–Crippen MR) is 107 cm³/mol. The summed E-state index contributed by atoms with van der Waals surface area (Å²) < 4.78 is 0. The van der Waals surface area contributed by atoms with Gasteiger partial charge >= 0.3 is 0 Å². The molecule has 0 atom stereocenters. The van der Waals surface area contributed by atoms with Crippen LogP contribution in [-0.4, -0.2) is 25.2 Å². The minimum Gasteiger partial charge on any atom is -0.483 e. The summed E-state index contributed by atoms with van der Waals surface area (Å²) in [6.45, 7) is 7.94. The molecule has 1 aliphatic rings. The van der Waals surface area contributed by atoms with E-state index < -0.39 is 0 Å². The van der Waals surface area contributed by atoms with Crippen molar-refractivity contribution in [1.29, 1.82) is 0 Å². The number of hydrogen-bond acceptors (Lipinski definition) is 3. The lowest BCUT2D eigenvalue weighted by Crippen LogP contribution is -2.21. The van der Waals surface area contributed by atoms with Gasteiger partial charge in [-0.05, 0) is 73.9 Å². The Hall–Kier alpha value is -1.65. The summed E-state index contributed by atoms with van der Waals surface area (Å²) in [4.78, 5) is 11.5. The van der Waals surface area contributed by atoms with Crippen molar-refractivity contribution >= 4 is 17.8 Å². The van der Waals surface area contributed by atoms with Crippen molar-refractivity contribution in [3.63, 3.8) is 0 Å². The quantitative estimate of drug-likeness (QED) is 0.778. The van der Waals surface area contributed by atoms with Crippen molar-refractivity contribution in [2.45, 2.75) is 46.5 Å². The fraction of sp³-hybridized carbons (Fsp3) is 0.476. The molecule has 0 spiro atoms. The number of nitrogens with one attached hydrogen (secondary N) is 1. The molecule has 0 saturated carbocycles. The van der Waals surface area contributed by atoms with E-state index in [0.29, 0.717) is 5.41 Å². The Morgan fingerprint density at radius 2 is 2.00 bits per heavy atom. The molecule has 2 aromatic rings. The summed E-state index contributed by atoms with van der Waals surface area (Å²) in [6.07, 6.45) is 4.91. The Labute approximate surface area is 155 Å². The molecule has 0 amide bonds. The Morgan fingerprint density at radius 3 is 2.68 bits per heavy atom. The van der Waals surface area contributed by atoms with E-state index in [1.165, 1.54) is 40.8 Å². The molecule has 1 aliphatic carbocycles. The molecule has 2 N–H and O–H groups in total. The van der Waals surface area contributed by atoms with E-state index in [1.54, 1.807) is 10.4 Å². The molecule has 25 heavy (non-hydrogen) atoms. The molecule has 0 aliphatic heterocycles. The Kier molecular flexibility index (Phi) is 6.79. The highest BCUT2D eigenvalue weighted by Gasteiger charge is 2.29. The molecule has 0 fully saturated rings. The van der Waals surface area contributed by atoms with Crippen molar-refractivity contribution in [2.24, 2.45) is 5.41 Å². The summed E-state index contributed by atoms with van der Waals surface area (Å²) in [7, 11) is 2.03. The maximum atomic E-state index is 8.36. The highest BCUT2D eigenvalue weighted by atomic mass is 32.1. The number of aryl methyl sites for hydroxylation is 1. The summed E-state index contributed by atoms with van der Waals surface area (Å²) >= 11 is 2.04. The molecule has 0 saturated heterocycles. The van der Waals surface area contributed by atoms with E-state index in [0.717, 1.165) is 13.0 Å². The van der Waals surface area contributed by atoms with Gasteiger partial charge in [0.15, 0.2) is 0 Å². The largest absolute Gasteiger partial charge is 0.483 e. The number of hydrogen-bond donors (Lipinski definition) is 2. The van der Waals surface area contributed by atoms with Crippen LogP contribution in [-0.2, 0) is 24.1 Å². The number of fused-ring (bicyclic) bond motifs is 1. The van der Waals surface area contributed by atoms with Crippen molar-refractivity contribution in [1.82, 2.24) is 5.32 Å². The van der Waals surface area contributed by atoms with Gasteiger partial charge in [-0.2, -0.15) is 0 Å². The van der Waals surface area contributed by atoms with Gasteiger partial charge in [0.25, 0.3) is 6.47 Å². The minimum absolute atomic E-state index is 0.250. The molecule has 1 aromatic heterocycles. The topological polar surface area (TPSA) is 49.3 Å². The van der Waals surface area contributed by atoms with Crippen LogP contribution >= 0.6 is 11.3 Å². The highest BCUT2D eigenvalue weighted by Crippen LogP contribution is 2.45. The van der Waals surface area contributed by atoms with Gasteiger partial charge in [-0.15, -0.1) is 11.3 Å². The third-order valence-corrected chi connectivity index (χ3v) is 6.37. The van der Waals surface area contributed by atoms with Crippen LogP contribution in [0.1, 0.15) is 41.8 Å². The zero-order chi connectivity index (χ0) is 18.4. The maximum Gasteiger partial charge on any atom is 0.290 e. The smallest absolute Gasteiger partial charge is 0.290 e. The second kappa shape index (κ2) is 8.63. The van der Waals surface area contributed by atoms with Crippen LogP contribution in [0, 0.1) is 12.3 Å². The molecular formula is C21H29NO2S. The van der Waals surface area contributed by atoms with Gasteiger partial charge in [0, 0.05) is 9.75 Å². The van der Waals surface area contributed by atoms with Gasteiger partial charge in [-0.25, -0.2) is 0 Å². The van der Waals surface area contributed by atoms with Gasteiger partial charge < -0.3 is 10.4 Å². The van der Waals surface area contributed by atoms with Gasteiger partial charge in [0.1, 0.15) is 0 Å². The lowest BCUT2D eigenvalue weighted by Gasteiger charge is -2.29. The molecular weight excluding hydrogens is 330 g/mol. The minimum atomic E-state index is -0.250. The first kappa shape index (κ1) is 19.7. The van der Waals surface area contributed by atoms with Gasteiger partial charge in [0.2, 0.25) is 0 Å². The summed E-state index contributed by atoms with van der Waals surface area (Å²) in [5.74, 6) is 0. The normalized spacial score (nSPS) is 15.0. The molecule has 4 heteroatoms. The number of likely N-dealkylation sites (N-methyl/N-ethyl adjacent to an activating group) is 1. The SMILES string of the molecule is CNCCc1ccccc1-c1sc2c(c1C)CC(C)(C)CC2.O=CO. The molecule has 0 radical (unpaired) electrons. The predicted octanol–water partition coefficient (Wildman–Crippen LogP) is 4.70. The third kappa shape index (κ3) is 4.71. The van der Waals surface area contributed by atoms with E-state index >= 15 is 0 Å². The fourth-order valence-corrected chi connectivity index (χ4v) is 4.92. The van der Waals surface area contributed by atoms with E-state index in [1.807, 2.05) is 18.4 Å². The Bertz CT molecular complexity index is 719. The van der Waals surface area contributed by atoms with E-state index in [2.05, 4.69) is 50.4 Å². The summed E-state index contributed by atoms with van der Waals surface area (Å²) in [5, 5.41) is 10.2. The lowest BCUT2D eigenvalue weighted by molar-refractivity contribution is -0.122. The number of rotatable bonds is 4. The van der Waals surface area contributed by atoms with Crippen molar-refractivity contribution < 1.29 is 9.90 Å². The van der Waals surface area contributed by atoms with Gasteiger partial charge in [0.05, 0.1) is 0 Å². The van der Waals surface area contributed by atoms with Gasteiger partial charge in [-0.3, -0.25) is 4.79 Å². The third-order valence-electron chi connectivity index (χ3n) is 4.95. The van der Waals surface area contributed by atoms with E-state index in [9.17, 15) is 0 Å². The fourth-order valence-electron chi connectivity index (χ4n) is 3.54. The first-order chi connectivity index (χ1) is 11.9. The number of carboxylic acid groups (broad SMARTS) is 1. The highest BCUT2D eigenvalue weighted by molar-refractivity contribution is 7.16. The number of thiophene rings is 1. The standard InChI is InChI=1S/C20H27NS.CH2O2/c1-14-17-13-20(2,3)11-9-18(17)22-19(14)16-8-6-5-7-15(16)10-12-21-4;2-1-3/h5-8,21H,9-13H2,1-4H3;1H,(H,2,3). The second-order valence-corrected chi connectivity index (χ2v) is 8.52. The van der Waals surface area contributed by atoms with Crippen molar-refractivity contribution in [3.8, 4) is 10.4 Å². The molecule has 136 valence electrons. The monoisotopic (exact) mass is 359 g/mol. The first-order valence-electron chi connectivity index (χ1n) is 8.85. The molecule has 0 bridgehead atoms.